The molecule has 0 radical (unpaired) electrons. The molecule has 2 heteroatoms. The van der Waals surface area contributed by atoms with E-state index < -0.39 is 0 Å². The van der Waals surface area contributed by atoms with Crippen LogP contribution < -0.4 is 0 Å². The van der Waals surface area contributed by atoms with Crippen LogP contribution in [0.5, 0.6) is 0 Å². The van der Waals surface area contributed by atoms with Crippen LogP contribution in [0.3, 0.4) is 0 Å². The monoisotopic (exact) mass is 332 g/mol. The molecule has 0 N–H and O–H groups in total. The molecule has 0 aliphatic heterocycles. The van der Waals surface area contributed by atoms with Crippen molar-refractivity contribution in [1.82, 2.24) is 0 Å². The van der Waals surface area contributed by atoms with Gasteiger partial charge in [-0.3, -0.25) is 0 Å². The summed E-state index contributed by atoms with van der Waals surface area (Å²) >= 11 is 0. The molecule has 0 aliphatic rings. The summed E-state index contributed by atoms with van der Waals surface area (Å²) in [6.45, 7) is 2.13. The molecule has 0 fully saturated rings. The number of likely N-dealkylation sites (N-methyl/N-ethyl adjacent to an activating group) is 1. The third-order valence-corrected chi connectivity index (χ3v) is 1.81. The zero-order chi connectivity index (χ0) is 8.10. The van der Waals surface area contributed by atoms with Crippen molar-refractivity contribution in [2.24, 2.45) is 0 Å². The minimum Gasteiger partial charge on any atom is -0.662 e. The van der Waals surface area contributed by atoms with Crippen molar-refractivity contribution >= 4 is 0 Å². The second-order valence-electron chi connectivity index (χ2n) is 2.80. The van der Waals surface area contributed by atoms with Crippen molar-refractivity contribution in [3.63, 3.8) is 0 Å². The van der Waals surface area contributed by atoms with E-state index in [0.29, 0.717) is 6.04 Å². The summed E-state index contributed by atoms with van der Waals surface area (Å²) in [5.41, 5.74) is 1.37. The largest absolute Gasteiger partial charge is 0.662 e. The van der Waals surface area contributed by atoms with Gasteiger partial charge in [0.05, 0.1) is 0 Å². The van der Waals surface area contributed by atoms with Gasteiger partial charge in [-0.15, -0.1) is 6.04 Å². The van der Waals surface area contributed by atoms with Crippen molar-refractivity contribution in [2.45, 2.75) is 19.4 Å². The van der Waals surface area contributed by atoms with E-state index in [9.17, 15) is 0 Å². The summed E-state index contributed by atoms with van der Waals surface area (Å²) in [6, 6.07) is 10.9. The molecule has 0 aliphatic carbocycles. The Morgan fingerprint density at radius 3 is 2.33 bits per heavy atom. The standard InChI is InChI=1S/C10H14N.W/c1-9(11-2)8-10-6-4-3-5-7-10;/h3-7,9H,8H2,1-2H3;/q-1;. The van der Waals surface area contributed by atoms with E-state index in [4.69, 9.17) is 0 Å². The summed E-state index contributed by atoms with van der Waals surface area (Å²) in [4.78, 5) is 0. The van der Waals surface area contributed by atoms with Crippen LogP contribution in [-0.2, 0) is 27.5 Å². The molecule has 1 unspecified atom stereocenters. The third-order valence-electron chi connectivity index (χ3n) is 1.81. The first kappa shape index (κ1) is 11.9. The molecular weight excluding hydrogens is 318 g/mol. The molecule has 0 saturated carbocycles. The molecule has 0 amide bonds. The number of rotatable bonds is 3. The van der Waals surface area contributed by atoms with Gasteiger partial charge in [0.15, 0.2) is 0 Å². The predicted molar refractivity (Wildman–Crippen MR) is 48.9 cm³/mol. The van der Waals surface area contributed by atoms with E-state index in [1.165, 1.54) is 5.56 Å². The molecule has 1 nitrogen and oxygen atoms in total. The van der Waals surface area contributed by atoms with E-state index in [-0.39, 0.29) is 21.1 Å². The Bertz CT molecular complexity index is 198. The normalized spacial score (nSPS) is 11.8. The van der Waals surface area contributed by atoms with Crippen LogP contribution in [0.1, 0.15) is 12.5 Å². The smallest absolute Gasteiger partial charge is 0 e. The molecule has 66 valence electrons. The van der Waals surface area contributed by atoms with Gasteiger partial charge in [0.25, 0.3) is 0 Å². The molecule has 12 heavy (non-hydrogen) atoms. The van der Waals surface area contributed by atoms with Gasteiger partial charge in [-0.2, -0.15) is 7.05 Å². The van der Waals surface area contributed by atoms with E-state index in [2.05, 4.69) is 36.5 Å². The maximum atomic E-state index is 4.18. The van der Waals surface area contributed by atoms with Crippen LogP contribution in [0, 0.1) is 0 Å². The Morgan fingerprint density at radius 2 is 1.83 bits per heavy atom. The molecule has 1 atom stereocenters. The van der Waals surface area contributed by atoms with Crippen LogP contribution in [0.2, 0.25) is 0 Å². The van der Waals surface area contributed by atoms with Crippen molar-refractivity contribution in [3.05, 3.63) is 41.2 Å². The number of hydrogen-bond acceptors (Lipinski definition) is 0. The van der Waals surface area contributed by atoms with Crippen molar-refractivity contribution < 1.29 is 21.1 Å². The van der Waals surface area contributed by atoms with Crippen molar-refractivity contribution in [1.29, 1.82) is 0 Å². The average Bonchev–Trinajstić information content (AvgIpc) is 2.06. The van der Waals surface area contributed by atoms with Crippen LogP contribution in [0.15, 0.2) is 30.3 Å². The first-order valence-electron chi connectivity index (χ1n) is 3.96. The quantitative estimate of drug-likeness (QED) is 0.808. The Hall–Kier alpha value is -0.132. The molecule has 0 aromatic heterocycles. The Balaban J connectivity index is 0.00000121. The molecular formula is C10H14NW-. The molecule has 0 spiro atoms. The SMILES string of the molecule is C[N-]C(C)Cc1ccccc1.[W]. The summed E-state index contributed by atoms with van der Waals surface area (Å²) in [5, 5.41) is 4.18. The molecule has 1 rings (SSSR count). The molecule has 0 bridgehead atoms. The second-order valence-corrected chi connectivity index (χ2v) is 2.80. The Kier molecular flexibility index (Phi) is 6.32. The predicted octanol–water partition coefficient (Wildman–Crippen LogP) is 2.62. The summed E-state index contributed by atoms with van der Waals surface area (Å²) < 4.78 is 0. The van der Waals surface area contributed by atoms with Crippen molar-refractivity contribution in [2.75, 3.05) is 7.05 Å². The van der Waals surface area contributed by atoms with Crippen molar-refractivity contribution in [3.8, 4) is 0 Å². The fourth-order valence-electron chi connectivity index (χ4n) is 1.05. The van der Waals surface area contributed by atoms with Gasteiger partial charge in [0, 0.05) is 21.1 Å². The van der Waals surface area contributed by atoms with Crippen LogP contribution in [0.25, 0.3) is 5.32 Å². The van der Waals surface area contributed by atoms with Gasteiger partial charge in [-0.25, -0.2) is 0 Å². The first-order chi connectivity index (χ1) is 5.33. The third kappa shape index (κ3) is 4.04. The van der Waals surface area contributed by atoms with Gasteiger partial charge < -0.3 is 5.32 Å². The van der Waals surface area contributed by atoms with Gasteiger partial charge in [0.1, 0.15) is 0 Å². The fourth-order valence-corrected chi connectivity index (χ4v) is 1.05. The molecule has 1 aromatic rings. The molecule has 0 saturated heterocycles. The van der Waals surface area contributed by atoms with Gasteiger partial charge in [-0.05, 0) is 12.0 Å². The second kappa shape index (κ2) is 6.39. The van der Waals surface area contributed by atoms with E-state index in [0.717, 1.165) is 6.42 Å². The van der Waals surface area contributed by atoms with E-state index in [1.807, 2.05) is 13.1 Å². The minimum absolute atomic E-state index is 0. The number of hydrogen-bond donors (Lipinski definition) is 0. The Morgan fingerprint density at radius 1 is 1.25 bits per heavy atom. The van der Waals surface area contributed by atoms with Crippen LogP contribution in [-0.4, -0.2) is 13.1 Å². The maximum Gasteiger partial charge on any atom is 0 e. The molecule has 0 heterocycles. The Labute approximate surface area is 88.8 Å². The topological polar surface area (TPSA) is 14.1 Å². The minimum atomic E-state index is 0. The zero-order valence-electron chi connectivity index (χ0n) is 7.53. The van der Waals surface area contributed by atoms with Gasteiger partial charge in [-0.1, -0.05) is 37.3 Å². The summed E-state index contributed by atoms with van der Waals surface area (Å²) in [6.07, 6.45) is 1.05. The average molecular weight is 332 g/mol. The number of benzene rings is 1. The van der Waals surface area contributed by atoms with Crippen LogP contribution >= 0.6 is 0 Å². The first-order valence-corrected chi connectivity index (χ1v) is 3.96. The summed E-state index contributed by atoms with van der Waals surface area (Å²) in [7, 11) is 1.87. The van der Waals surface area contributed by atoms with Gasteiger partial charge >= 0.3 is 0 Å². The molecule has 1 aromatic carbocycles. The van der Waals surface area contributed by atoms with Crippen LogP contribution in [0.4, 0.5) is 0 Å². The van der Waals surface area contributed by atoms with Gasteiger partial charge in [0.2, 0.25) is 0 Å². The zero-order valence-corrected chi connectivity index (χ0v) is 10.5. The van der Waals surface area contributed by atoms with E-state index in [1.54, 1.807) is 0 Å². The number of nitrogens with zero attached hydrogens (tertiary/aromatic N) is 1. The maximum absolute atomic E-state index is 4.18. The summed E-state index contributed by atoms with van der Waals surface area (Å²) in [5.74, 6) is 0. The fraction of sp³-hybridized carbons (Fsp3) is 0.400. The van der Waals surface area contributed by atoms with E-state index >= 15 is 0 Å².